The van der Waals surface area contributed by atoms with Crippen LogP contribution in [-0.4, -0.2) is 36.0 Å². The number of rotatable bonds is 34. The maximum atomic E-state index is 12.2. The summed E-state index contributed by atoms with van der Waals surface area (Å²) in [5.74, 6) is 1.89. The third-order valence-electron chi connectivity index (χ3n) is 8.32. The number of nitrogens with one attached hydrogen (secondary N) is 1. The molecule has 0 bridgehead atoms. The molecule has 5 heteroatoms. The fourth-order valence-corrected chi connectivity index (χ4v) is 6.48. The van der Waals surface area contributed by atoms with Crippen LogP contribution in [0, 0.1) is 0 Å². The van der Waals surface area contributed by atoms with Crippen molar-refractivity contribution in [1.82, 2.24) is 5.32 Å². The zero-order valence-electron chi connectivity index (χ0n) is 30.6. The van der Waals surface area contributed by atoms with Crippen molar-refractivity contribution in [3.8, 4) is 0 Å². The number of hydrogen-bond donors (Lipinski definition) is 1. The molecule has 1 atom stereocenters. The van der Waals surface area contributed by atoms with Crippen LogP contribution in [0.15, 0.2) is 0 Å². The molecule has 1 unspecified atom stereocenters. The van der Waals surface area contributed by atoms with E-state index in [2.05, 4.69) is 26.1 Å². The Balaban J connectivity index is 0. The van der Waals surface area contributed by atoms with Gasteiger partial charge in [-0.25, -0.2) is 0 Å². The third-order valence-corrected chi connectivity index (χ3v) is 9.34. The van der Waals surface area contributed by atoms with Gasteiger partial charge in [-0.05, 0) is 31.9 Å². The summed E-state index contributed by atoms with van der Waals surface area (Å²) in [6.45, 7) is 11.2. The second-order valence-corrected chi connectivity index (χ2v) is 13.9. The van der Waals surface area contributed by atoms with E-state index in [1.165, 1.54) is 148 Å². The standard InChI is InChI=1S/C37H73NO3S.C2H6/c1-4-6-8-10-12-14-16-17-18-19-20-21-23-25-27-29-36(39)38-35(3)30-33-42-34-31-37(40)41-32-28-26-24-22-15-13-11-9-7-5-2;1-2/h35H,4-34H2,1-3H3,(H,38,39);1-2H3. The molecule has 0 saturated carbocycles. The predicted octanol–water partition coefficient (Wildman–Crippen LogP) is 12.8. The largest absolute Gasteiger partial charge is 0.466 e. The molecule has 0 aromatic carbocycles. The van der Waals surface area contributed by atoms with Gasteiger partial charge in [0.15, 0.2) is 0 Å². The first-order chi connectivity index (χ1) is 21.6. The van der Waals surface area contributed by atoms with Gasteiger partial charge in [-0.3, -0.25) is 9.59 Å². The number of carbonyl (C=O) groups is 2. The minimum Gasteiger partial charge on any atom is -0.466 e. The van der Waals surface area contributed by atoms with Crippen LogP contribution in [0.3, 0.4) is 0 Å². The van der Waals surface area contributed by atoms with Crippen LogP contribution in [-0.2, 0) is 14.3 Å². The van der Waals surface area contributed by atoms with Gasteiger partial charge in [-0.2, -0.15) is 11.8 Å². The molecule has 0 fully saturated rings. The highest BCUT2D eigenvalue weighted by atomic mass is 32.2. The topological polar surface area (TPSA) is 55.4 Å². The van der Waals surface area contributed by atoms with Gasteiger partial charge in [0.2, 0.25) is 5.91 Å². The van der Waals surface area contributed by atoms with Crippen molar-refractivity contribution in [2.24, 2.45) is 0 Å². The summed E-state index contributed by atoms with van der Waals surface area (Å²) in [7, 11) is 0. The van der Waals surface area contributed by atoms with Gasteiger partial charge in [-0.1, -0.05) is 175 Å². The van der Waals surface area contributed by atoms with Crippen molar-refractivity contribution in [2.45, 2.75) is 220 Å². The van der Waals surface area contributed by atoms with E-state index < -0.39 is 0 Å². The van der Waals surface area contributed by atoms with E-state index in [1.54, 1.807) is 11.8 Å². The molecule has 264 valence electrons. The van der Waals surface area contributed by atoms with Crippen LogP contribution in [0.1, 0.15) is 214 Å². The van der Waals surface area contributed by atoms with Crippen LogP contribution in [0.2, 0.25) is 0 Å². The maximum Gasteiger partial charge on any atom is 0.306 e. The second-order valence-electron chi connectivity index (χ2n) is 12.7. The van der Waals surface area contributed by atoms with Crippen LogP contribution in [0.4, 0.5) is 0 Å². The molecule has 4 nitrogen and oxygen atoms in total. The minimum atomic E-state index is -0.0664. The molecule has 0 aliphatic heterocycles. The van der Waals surface area contributed by atoms with E-state index in [0.717, 1.165) is 30.8 Å². The van der Waals surface area contributed by atoms with E-state index >= 15 is 0 Å². The maximum absolute atomic E-state index is 12.2. The van der Waals surface area contributed by atoms with Crippen molar-refractivity contribution >= 4 is 23.6 Å². The normalized spacial score (nSPS) is 11.6. The summed E-state index contributed by atoms with van der Waals surface area (Å²) in [6.07, 6.45) is 35.2. The zero-order chi connectivity index (χ0) is 32.8. The molecule has 1 N–H and O–H groups in total. The fourth-order valence-electron chi connectivity index (χ4n) is 5.44. The van der Waals surface area contributed by atoms with Crippen LogP contribution >= 0.6 is 11.8 Å². The van der Waals surface area contributed by atoms with Crippen LogP contribution < -0.4 is 5.32 Å². The molecule has 0 aromatic heterocycles. The summed E-state index contributed by atoms with van der Waals surface area (Å²) in [4.78, 5) is 24.2. The average Bonchev–Trinajstić information content (AvgIpc) is 3.02. The molecule has 0 aromatic rings. The summed E-state index contributed by atoms with van der Waals surface area (Å²) < 4.78 is 5.39. The number of unbranched alkanes of at least 4 members (excludes halogenated alkanes) is 23. The predicted molar refractivity (Wildman–Crippen MR) is 198 cm³/mol. The second kappa shape index (κ2) is 40.3. The molecule has 0 radical (unpaired) electrons. The van der Waals surface area contributed by atoms with E-state index in [4.69, 9.17) is 4.74 Å². The lowest BCUT2D eigenvalue weighted by atomic mass is 10.0. The number of hydrogen-bond acceptors (Lipinski definition) is 4. The smallest absolute Gasteiger partial charge is 0.306 e. The zero-order valence-corrected chi connectivity index (χ0v) is 31.4. The quantitative estimate of drug-likeness (QED) is 0.0561. The van der Waals surface area contributed by atoms with E-state index in [0.29, 0.717) is 19.4 Å². The van der Waals surface area contributed by atoms with Crippen molar-refractivity contribution in [2.75, 3.05) is 18.1 Å². The number of carbonyl (C=O) groups excluding carboxylic acids is 2. The Labute approximate surface area is 281 Å². The molecule has 0 aliphatic rings. The fraction of sp³-hybridized carbons (Fsp3) is 0.949. The first-order valence-corrected chi connectivity index (χ1v) is 20.8. The van der Waals surface area contributed by atoms with Crippen LogP contribution in [0.25, 0.3) is 0 Å². The number of thioether (sulfide) groups is 1. The van der Waals surface area contributed by atoms with E-state index in [9.17, 15) is 9.59 Å². The molecular formula is C39H79NO3S. The lowest BCUT2D eigenvalue weighted by molar-refractivity contribution is -0.143. The monoisotopic (exact) mass is 642 g/mol. The van der Waals surface area contributed by atoms with Gasteiger partial charge in [0.05, 0.1) is 13.0 Å². The molecule has 44 heavy (non-hydrogen) atoms. The Bertz CT molecular complexity index is 572. The minimum absolute atomic E-state index is 0.0664. The highest BCUT2D eigenvalue weighted by Gasteiger charge is 2.08. The van der Waals surface area contributed by atoms with Gasteiger partial charge in [0, 0.05) is 18.2 Å². The van der Waals surface area contributed by atoms with Crippen molar-refractivity contribution in [1.29, 1.82) is 0 Å². The molecule has 0 aliphatic carbocycles. The Morgan fingerprint density at radius 2 is 0.932 bits per heavy atom. The summed E-state index contributed by atoms with van der Waals surface area (Å²) in [5, 5.41) is 3.15. The highest BCUT2D eigenvalue weighted by molar-refractivity contribution is 7.99. The highest BCUT2D eigenvalue weighted by Crippen LogP contribution is 2.14. The first-order valence-electron chi connectivity index (χ1n) is 19.6. The van der Waals surface area contributed by atoms with Gasteiger partial charge < -0.3 is 10.1 Å². The average molecular weight is 642 g/mol. The molecular weight excluding hydrogens is 563 g/mol. The van der Waals surface area contributed by atoms with Gasteiger partial charge in [-0.15, -0.1) is 0 Å². The number of esters is 1. The molecule has 0 spiro atoms. The number of ether oxygens (including phenoxy) is 1. The molecule has 1 amide bonds. The third kappa shape index (κ3) is 39.3. The van der Waals surface area contributed by atoms with Gasteiger partial charge in [0.1, 0.15) is 0 Å². The summed E-state index contributed by atoms with van der Waals surface area (Å²) >= 11 is 1.78. The SMILES string of the molecule is CC.CCCCCCCCCCCCCCCCCC(=O)NC(C)CCSCCC(=O)OCCCCCCCCCCCC. The van der Waals surface area contributed by atoms with E-state index in [1.807, 2.05) is 13.8 Å². The Kier molecular flexibility index (Phi) is 41.6. The Morgan fingerprint density at radius 1 is 0.545 bits per heavy atom. The number of amides is 1. The van der Waals surface area contributed by atoms with Gasteiger partial charge >= 0.3 is 5.97 Å². The van der Waals surface area contributed by atoms with Crippen molar-refractivity contribution < 1.29 is 14.3 Å². The van der Waals surface area contributed by atoms with Crippen molar-refractivity contribution in [3.63, 3.8) is 0 Å². The Hall–Kier alpha value is -0.710. The lowest BCUT2D eigenvalue weighted by Crippen LogP contribution is -2.32. The van der Waals surface area contributed by atoms with Crippen molar-refractivity contribution in [3.05, 3.63) is 0 Å². The Morgan fingerprint density at radius 3 is 1.36 bits per heavy atom. The van der Waals surface area contributed by atoms with Gasteiger partial charge in [0.25, 0.3) is 0 Å². The first kappa shape index (κ1) is 45.4. The molecule has 0 rings (SSSR count). The summed E-state index contributed by atoms with van der Waals surface area (Å²) in [6, 6.07) is 0.199. The lowest BCUT2D eigenvalue weighted by Gasteiger charge is -2.13. The summed E-state index contributed by atoms with van der Waals surface area (Å²) in [5.41, 5.74) is 0. The molecule has 0 heterocycles. The van der Waals surface area contributed by atoms with Crippen LogP contribution in [0.5, 0.6) is 0 Å². The molecule has 0 saturated heterocycles. The van der Waals surface area contributed by atoms with E-state index in [-0.39, 0.29) is 17.9 Å².